The normalized spacial score (nSPS) is 10.1. The van der Waals surface area contributed by atoms with Crippen LogP contribution in [0.5, 0.6) is 0 Å². The minimum absolute atomic E-state index is 0.0511. The Morgan fingerprint density at radius 3 is 1.72 bits per heavy atom. The van der Waals surface area contributed by atoms with Gasteiger partial charge in [-0.05, 0) is 12.8 Å². The van der Waals surface area contributed by atoms with Crippen LogP contribution in [0.15, 0.2) is 12.7 Å². The fourth-order valence-corrected chi connectivity index (χ4v) is 1.79. The highest BCUT2D eigenvalue weighted by atomic mass is 16.2. The molecule has 0 aliphatic rings. The van der Waals surface area contributed by atoms with Gasteiger partial charge in [0.15, 0.2) is 0 Å². The van der Waals surface area contributed by atoms with E-state index in [1.807, 2.05) is 0 Å². The molecule has 0 N–H and O–H groups in total. The molecule has 0 unspecified atom stereocenters. The van der Waals surface area contributed by atoms with Gasteiger partial charge in [0.25, 0.3) is 0 Å². The van der Waals surface area contributed by atoms with Gasteiger partial charge in [-0.3, -0.25) is 14.5 Å². The summed E-state index contributed by atoms with van der Waals surface area (Å²) in [5.41, 5.74) is 0. The van der Waals surface area contributed by atoms with E-state index in [0.29, 0.717) is 19.4 Å². The molecule has 0 saturated heterocycles. The Morgan fingerprint density at radius 1 is 0.944 bits per heavy atom. The minimum Gasteiger partial charge on any atom is -0.279 e. The third-order valence-electron chi connectivity index (χ3n) is 2.90. The van der Waals surface area contributed by atoms with Crippen LogP contribution in [0.1, 0.15) is 65.2 Å². The standard InChI is InChI=1S/C15H27NO2/c1-4-7-9-11-14(17)16(13-6-3)15(18)12-10-8-5-2/h6H,3-5,7-13H2,1-2H3. The molecule has 0 aliphatic carbocycles. The highest BCUT2D eigenvalue weighted by Gasteiger charge is 2.18. The summed E-state index contributed by atoms with van der Waals surface area (Å²) in [6.45, 7) is 8.15. The Hall–Kier alpha value is -1.12. The highest BCUT2D eigenvalue weighted by Crippen LogP contribution is 2.08. The second kappa shape index (κ2) is 11.0. The molecular formula is C15H27NO2. The number of hydrogen-bond donors (Lipinski definition) is 0. The van der Waals surface area contributed by atoms with Gasteiger partial charge in [0, 0.05) is 19.4 Å². The zero-order valence-corrected chi connectivity index (χ0v) is 11.9. The van der Waals surface area contributed by atoms with Crippen molar-refractivity contribution in [2.24, 2.45) is 0 Å². The average Bonchev–Trinajstić information content (AvgIpc) is 2.36. The van der Waals surface area contributed by atoms with Crippen LogP contribution in [0.4, 0.5) is 0 Å². The van der Waals surface area contributed by atoms with E-state index in [9.17, 15) is 9.59 Å². The second-order valence-electron chi connectivity index (χ2n) is 4.60. The molecule has 0 fully saturated rings. The number of nitrogens with zero attached hydrogens (tertiary/aromatic N) is 1. The highest BCUT2D eigenvalue weighted by molar-refractivity contribution is 5.95. The van der Waals surface area contributed by atoms with E-state index in [0.717, 1.165) is 38.5 Å². The molecule has 3 nitrogen and oxygen atoms in total. The molecule has 0 aromatic rings. The summed E-state index contributed by atoms with van der Waals surface area (Å²) in [5, 5.41) is 0. The van der Waals surface area contributed by atoms with Crippen LogP contribution >= 0.6 is 0 Å². The predicted octanol–water partition coefficient (Wildman–Crippen LogP) is 3.69. The Labute approximate surface area is 111 Å². The lowest BCUT2D eigenvalue weighted by Crippen LogP contribution is -2.36. The summed E-state index contributed by atoms with van der Waals surface area (Å²) >= 11 is 0. The van der Waals surface area contributed by atoms with E-state index in [-0.39, 0.29) is 11.8 Å². The van der Waals surface area contributed by atoms with Crippen molar-refractivity contribution in [2.75, 3.05) is 6.54 Å². The monoisotopic (exact) mass is 253 g/mol. The van der Waals surface area contributed by atoms with Crippen LogP contribution in [0, 0.1) is 0 Å². The first kappa shape index (κ1) is 16.9. The van der Waals surface area contributed by atoms with E-state index in [1.54, 1.807) is 6.08 Å². The number of rotatable bonds is 10. The van der Waals surface area contributed by atoms with Crippen molar-refractivity contribution in [1.29, 1.82) is 0 Å². The van der Waals surface area contributed by atoms with Crippen molar-refractivity contribution >= 4 is 11.8 Å². The molecule has 0 atom stereocenters. The summed E-state index contributed by atoms with van der Waals surface area (Å²) in [4.78, 5) is 25.2. The third kappa shape index (κ3) is 7.25. The van der Waals surface area contributed by atoms with Crippen molar-refractivity contribution in [3.63, 3.8) is 0 Å². The van der Waals surface area contributed by atoms with Crippen LogP contribution < -0.4 is 0 Å². The summed E-state index contributed by atoms with van der Waals surface area (Å²) < 4.78 is 0. The third-order valence-corrected chi connectivity index (χ3v) is 2.90. The van der Waals surface area contributed by atoms with Gasteiger partial charge >= 0.3 is 0 Å². The molecule has 0 spiro atoms. The lowest BCUT2D eigenvalue weighted by molar-refractivity contribution is -0.144. The average molecular weight is 253 g/mol. The van der Waals surface area contributed by atoms with Crippen LogP contribution in [-0.4, -0.2) is 23.3 Å². The van der Waals surface area contributed by atoms with Crippen LogP contribution in [-0.2, 0) is 9.59 Å². The quantitative estimate of drug-likeness (QED) is 0.440. The maximum absolute atomic E-state index is 11.9. The van der Waals surface area contributed by atoms with E-state index in [4.69, 9.17) is 0 Å². The van der Waals surface area contributed by atoms with Crippen molar-refractivity contribution in [3.05, 3.63) is 12.7 Å². The molecule has 2 amide bonds. The van der Waals surface area contributed by atoms with Crippen molar-refractivity contribution < 1.29 is 9.59 Å². The topological polar surface area (TPSA) is 37.4 Å². The maximum Gasteiger partial charge on any atom is 0.229 e. The van der Waals surface area contributed by atoms with Crippen LogP contribution in [0.2, 0.25) is 0 Å². The van der Waals surface area contributed by atoms with Gasteiger partial charge in [0.1, 0.15) is 0 Å². The number of carbonyl (C=O) groups excluding carboxylic acids is 2. The summed E-state index contributed by atoms with van der Waals surface area (Å²) in [5.74, 6) is -0.102. The molecule has 0 rings (SSSR count). The van der Waals surface area contributed by atoms with E-state index >= 15 is 0 Å². The van der Waals surface area contributed by atoms with Crippen LogP contribution in [0.25, 0.3) is 0 Å². The van der Waals surface area contributed by atoms with Crippen molar-refractivity contribution in [3.8, 4) is 0 Å². The number of carbonyl (C=O) groups is 2. The number of hydrogen-bond acceptors (Lipinski definition) is 2. The molecule has 0 bridgehead atoms. The molecule has 0 aromatic heterocycles. The molecule has 18 heavy (non-hydrogen) atoms. The number of imide groups is 1. The lowest BCUT2D eigenvalue weighted by atomic mass is 10.1. The Morgan fingerprint density at radius 2 is 1.39 bits per heavy atom. The Bertz CT molecular complexity index is 239. The summed E-state index contributed by atoms with van der Waals surface area (Å²) in [6.07, 6.45) is 8.54. The molecule has 0 saturated carbocycles. The van der Waals surface area contributed by atoms with Gasteiger partial charge in [0.2, 0.25) is 11.8 Å². The first-order valence-corrected chi connectivity index (χ1v) is 7.11. The van der Waals surface area contributed by atoms with E-state index in [1.165, 1.54) is 4.90 Å². The molecule has 0 aromatic carbocycles. The molecule has 0 heterocycles. The zero-order valence-electron chi connectivity index (χ0n) is 11.9. The fourth-order valence-electron chi connectivity index (χ4n) is 1.79. The lowest BCUT2D eigenvalue weighted by Gasteiger charge is -2.19. The zero-order chi connectivity index (χ0) is 13.8. The van der Waals surface area contributed by atoms with Gasteiger partial charge in [-0.25, -0.2) is 0 Å². The Balaban J connectivity index is 4.21. The number of unbranched alkanes of at least 4 members (excludes halogenated alkanes) is 4. The first-order valence-electron chi connectivity index (χ1n) is 7.11. The number of amides is 2. The van der Waals surface area contributed by atoms with Crippen molar-refractivity contribution in [2.45, 2.75) is 65.2 Å². The smallest absolute Gasteiger partial charge is 0.229 e. The van der Waals surface area contributed by atoms with Gasteiger partial charge in [-0.1, -0.05) is 45.6 Å². The molecule has 0 radical (unpaired) electrons. The van der Waals surface area contributed by atoms with Crippen molar-refractivity contribution in [1.82, 2.24) is 4.90 Å². The molecular weight excluding hydrogens is 226 g/mol. The maximum atomic E-state index is 11.9. The van der Waals surface area contributed by atoms with Crippen LogP contribution in [0.3, 0.4) is 0 Å². The predicted molar refractivity (Wildman–Crippen MR) is 75.2 cm³/mol. The van der Waals surface area contributed by atoms with E-state index < -0.39 is 0 Å². The molecule has 104 valence electrons. The summed E-state index contributed by atoms with van der Waals surface area (Å²) in [6, 6.07) is 0. The fraction of sp³-hybridized carbons (Fsp3) is 0.733. The molecule has 3 heteroatoms. The van der Waals surface area contributed by atoms with Gasteiger partial charge in [-0.2, -0.15) is 0 Å². The van der Waals surface area contributed by atoms with Gasteiger partial charge in [-0.15, -0.1) is 6.58 Å². The summed E-state index contributed by atoms with van der Waals surface area (Å²) in [7, 11) is 0. The van der Waals surface area contributed by atoms with Gasteiger partial charge in [0.05, 0.1) is 0 Å². The first-order chi connectivity index (χ1) is 8.67. The minimum atomic E-state index is -0.0511. The second-order valence-corrected chi connectivity index (χ2v) is 4.60. The largest absolute Gasteiger partial charge is 0.279 e. The SMILES string of the molecule is C=CCN(C(=O)CCCCC)C(=O)CCCCC. The van der Waals surface area contributed by atoms with Gasteiger partial charge < -0.3 is 0 Å². The molecule has 0 aliphatic heterocycles. The van der Waals surface area contributed by atoms with E-state index in [2.05, 4.69) is 20.4 Å². The Kier molecular flexibility index (Phi) is 10.3.